The number of hydrogen-bond donors (Lipinski definition) is 0. The van der Waals surface area contributed by atoms with E-state index in [1.54, 1.807) is 16.4 Å². The van der Waals surface area contributed by atoms with Gasteiger partial charge in [0.1, 0.15) is 0 Å². The number of benzene rings is 2. The van der Waals surface area contributed by atoms with Gasteiger partial charge in [0.05, 0.1) is 21.7 Å². The molecular formula is C24H28BrN3O4S2. The standard InChI is InChI=1S/C24H28BrN3O4S2/c1-2-32-16-15-28-21-12-9-19(25)17-22(21)33-24(28)26-23(29)18-7-10-20(11-8-18)34(30,31)27-13-5-3-4-6-14-27/h7-12,17H,2-6,13-16H2,1H3. The SMILES string of the molecule is CCOCCn1c(=NC(=O)c2ccc(S(=O)(=O)N3CCCCCC3)cc2)sc2cc(Br)ccc21. The van der Waals surface area contributed by atoms with Crippen molar-refractivity contribution in [2.24, 2.45) is 4.99 Å². The van der Waals surface area contributed by atoms with E-state index in [9.17, 15) is 13.2 Å². The largest absolute Gasteiger partial charge is 0.380 e. The number of aromatic nitrogens is 1. The third kappa shape index (κ3) is 5.68. The fourth-order valence-electron chi connectivity index (χ4n) is 4.00. The Labute approximate surface area is 212 Å². The summed E-state index contributed by atoms with van der Waals surface area (Å²) >= 11 is 4.93. The van der Waals surface area contributed by atoms with E-state index in [2.05, 4.69) is 20.9 Å². The predicted octanol–water partition coefficient (Wildman–Crippen LogP) is 4.81. The van der Waals surface area contributed by atoms with E-state index < -0.39 is 15.9 Å². The smallest absolute Gasteiger partial charge is 0.279 e. The molecule has 0 bridgehead atoms. The van der Waals surface area contributed by atoms with Crippen LogP contribution in [0.1, 0.15) is 43.0 Å². The molecule has 34 heavy (non-hydrogen) atoms. The zero-order valence-corrected chi connectivity index (χ0v) is 22.3. The van der Waals surface area contributed by atoms with Crippen molar-refractivity contribution in [3.63, 3.8) is 0 Å². The van der Waals surface area contributed by atoms with Gasteiger partial charge in [-0.2, -0.15) is 9.30 Å². The van der Waals surface area contributed by atoms with Gasteiger partial charge in [0, 0.05) is 36.3 Å². The van der Waals surface area contributed by atoms with Crippen LogP contribution in [0.2, 0.25) is 0 Å². The predicted molar refractivity (Wildman–Crippen MR) is 138 cm³/mol. The first-order valence-electron chi connectivity index (χ1n) is 11.5. The number of hydrogen-bond acceptors (Lipinski definition) is 5. The zero-order chi connectivity index (χ0) is 24.1. The van der Waals surface area contributed by atoms with E-state index >= 15 is 0 Å². The average Bonchev–Trinajstić information content (AvgIpc) is 2.99. The molecule has 0 N–H and O–H groups in total. The topological polar surface area (TPSA) is 81.0 Å². The maximum absolute atomic E-state index is 13.0. The summed E-state index contributed by atoms with van der Waals surface area (Å²) in [6.45, 7) is 4.74. The molecule has 1 aliphatic rings. The number of thiazole rings is 1. The molecule has 1 aromatic heterocycles. The maximum atomic E-state index is 13.0. The van der Waals surface area contributed by atoms with Gasteiger partial charge in [-0.25, -0.2) is 8.42 Å². The quantitative estimate of drug-likeness (QED) is 0.385. The first kappa shape index (κ1) is 25.2. The molecular weight excluding hydrogens is 538 g/mol. The van der Waals surface area contributed by atoms with Gasteiger partial charge in [-0.05, 0) is 62.2 Å². The summed E-state index contributed by atoms with van der Waals surface area (Å²) in [5.41, 5.74) is 1.34. The van der Waals surface area contributed by atoms with Gasteiger partial charge < -0.3 is 9.30 Å². The summed E-state index contributed by atoms with van der Waals surface area (Å²) in [6, 6.07) is 12.1. The summed E-state index contributed by atoms with van der Waals surface area (Å²) in [5, 5.41) is 0. The Morgan fingerprint density at radius 2 is 1.79 bits per heavy atom. The monoisotopic (exact) mass is 565 g/mol. The van der Waals surface area contributed by atoms with Crippen molar-refractivity contribution in [2.45, 2.75) is 44.0 Å². The fourth-order valence-corrected chi connectivity index (χ4v) is 7.12. The second-order valence-corrected chi connectivity index (χ2v) is 12.0. The summed E-state index contributed by atoms with van der Waals surface area (Å²) in [4.78, 5) is 18.2. The summed E-state index contributed by atoms with van der Waals surface area (Å²) < 4.78 is 37.0. The second-order valence-electron chi connectivity index (χ2n) is 8.10. The van der Waals surface area contributed by atoms with E-state index in [0.29, 0.717) is 43.2 Å². The van der Waals surface area contributed by atoms with E-state index in [4.69, 9.17) is 4.74 Å². The summed E-state index contributed by atoms with van der Waals surface area (Å²) in [6.07, 6.45) is 3.87. The van der Waals surface area contributed by atoms with Crippen molar-refractivity contribution >= 4 is 53.4 Å². The number of carbonyl (C=O) groups is 1. The number of nitrogens with zero attached hydrogens (tertiary/aromatic N) is 3. The molecule has 182 valence electrons. The minimum Gasteiger partial charge on any atom is -0.380 e. The van der Waals surface area contributed by atoms with Crippen molar-refractivity contribution in [2.75, 3.05) is 26.3 Å². The molecule has 2 aromatic carbocycles. The first-order chi connectivity index (χ1) is 16.4. The highest BCUT2D eigenvalue weighted by Crippen LogP contribution is 2.23. The molecule has 4 rings (SSSR count). The van der Waals surface area contributed by atoms with Gasteiger partial charge in [-0.3, -0.25) is 4.79 Å². The number of sulfonamides is 1. The molecule has 0 unspecified atom stereocenters. The third-order valence-corrected chi connectivity index (χ3v) is 9.26. The van der Waals surface area contributed by atoms with E-state index in [0.717, 1.165) is 40.4 Å². The zero-order valence-electron chi connectivity index (χ0n) is 19.1. The van der Waals surface area contributed by atoms with E-state index in [1.807, 2.05) is 29.7 Å². The molecule has 0 atom stereocenters. The van der Waals surface area contributed by atoms with Crippen molar-refractivity contribution < 1.29 is 17.9 Å². The number of amides is 1. The summed E-state index contributed by atoms with van der Waals surface area (Å²) in [7, 11) is -3.56. The molecule has 0 spiro atoms. The Hall–Kier alpha value is -1.85. The Morgan fingerprint density at radius 3 is 2.47 bits per heavy atom. The lowest BCUT2D eigenvalue weighted by molar-refractivity contribution is 0.0996. The lowest BCUT2D eigenvalue weighted by atomic mass is 10.2. The van der Waals surface area contributed by atoms with Crippen LogP contribution in [-0.4, -0.2) is 49.5 Å². The summed E-state index contributed by atoms with van der Waals surface area (Å²) in [5.74, 6) is -0.408. The highest BCUT2D eigenvalue weighted by molar-refractivity contribution is 9.10. The van der Waals surface area contributed by atoms with Crippen LogP contribution in [0.15, 0.2) is 56.8 Å². The molecule has 0 aliphatic carbocycles. The number of carbonyl (C=O) groups excluding carboxylic acids is 1. The van der Waals surface area contributed by atoms with Crippen LogP contribution in [0, 0.1) is 0 Å². The van der Waals surface area contributed by atoms with Crippen molar-refractivity contribution in [3.05, 3.63) is 57.3 Å². The van der Waals surface area contributed by atoms with Crippen LogP contribution in [0.3, 0.4) is 0 Å². The number of fused-ring (bicyclic) bond motifs is 1. The van der Waals surface area contributed by atoms with Gasteiger partial charge in [0.2, 0.25) is 10.0 Å². The van der Waals surface area contributed by atoms with Crippen LogP contribution in [0.25, 0.3) is 10.2 Å². The Balaban J connectivity index is 1.62. The van der Waals surface area contributed by atoms with Crippen LogP contribution >= 0.6 is 27.3 Å². The maximum Gasteiger partial charge on any atom is 0.279 e. The molecule has 1 aliphatic heterocycles. The number of ether oxygens (including phenoxy) is 1. The first-order valence-corrected chi connectivity index (χ1v) is 14.5. The van der Waals surface area contributed by atoms with Gasteiger partial charge in [0.15, 0.2) is 4.80 Å². The van der Waals surface area contributed by atoms with E-state index in [-0.39, 0.29) is 4.90 Å². The lowest BCUT2D eigenvalue weighted by Crippen LogP contribution is -2.31. The Morgan fingerprint density at radius 1 is 1.09 bits per heavy atom. The second kappa shape index (κ2) is 11.3. The third-order valence-electron chi connectivity index (χ3n) is 5.81. The van der Waals surface area contributed by atoms with Crippen LogP contribution < -0.4 is 4.80 Å². The molecule has 3 aromatic rings. The Bertz CT molecular complexity index is 1320. The van der Waals surface area contributed by atoms with Crippen molar-refractivity contribution in [1.82, 2.24) is 8.87 Å². The molecule has 2 heterocycles. The normalized spacial score (nSPS) is 16.1. The van der Waals surface area contributed by atoms with E-state index in [1.165, 1.54) is 23.5 Å². The molecule has 0 saturated carbocycles. The average molecular weight is 567 g/mol. The van der Waals surface area contributed by atoms with Gasteiger partial charge in [0.25, 0.3) is 5.91 Å². The molecule has 1 saturated heterocycles. The number of rotatable bonds is 7. The number of halogens is 1. The van der Waals surface area contributed by atoms with Gasteiger partial charge in [-0.1, -0.05) is 40.1 Å². The molecule has 1 fully saturated rings. The molecule has 0 radical (unpaired) electrons. The fraction of sp³-hybridized carbons (Fsp3) is 0.417. The Kier molecular flexibility index (Phi) is 8.36. The minimum atomic E-state index is -3.56. The van der Waals surface area contributed by atoms with Crippen molar-refractivity contribution in [3.8, 4) is 0 Å². The minimum absolute atomic E-state index is 0.212. The van der Waals surface area contributed by atoms with Crippen LogP contribution in [0.4, 0.5) is 0 Å². The van der Waals surface area contributed by atoms with Crippen molar-refractivity contribution in [1.29, 1.82) is 0 Å². The molecule has 1 amide bonds. The molecule has 7 nitrogen and oxygen atoms in total. The lowest BCUT2D eigenvalue weighted by Gasteiger charge is -2.19. The van der Waals surface area contributed by atoms with Crippen LogP contribution in [0.5, 0.6) is 0 Å². The highest BCUT2D eigenvalue weighted by atomic mass is 79.9. The molecule has 10 heteroatoms. The van der Waals surface area contributed by atoms with Gasteiger partial charge in [-0.15, -0.1) is 0 Å². The van der Waals surface area contributed by atoms with Gasteiger partial charge >= 0.3 is 0 Å². The van der Waals surface area contributed by atoms with Crippen LogP contribution in [-0.2, 0) is 21.3 Å². The highest BCUT2D eigenvalue weighted by Gasteiger charge is 2.25.